The molecule has 2 heterocycles. The van der Waals surface area contributed by atoms with Crippen molar-refractivity contribution in [1.29, 1.82) is 0 Å². The first-order valence-electron chi connectivity index (χ1n) is 6.60. The molecule has 1 unspecified atom stereocenters. The van der Waals surface area contributed by atoms with Gasteiger partial charge < -0.3 is 5.73 Å². The van der Waals surface area contributed by atoms with E-state index >= 15 is 0 Å². The summed E-state index contributed by atoms with van der Waals surface area (Å²) in [4.78, 5) is 0. The molecule has 2 aliphatic heterocycles. The lowest BCUT2D eigenvalue weighted by molar-refractivity contribution is 0.244. The normalized spacial score (nSPS) is 27.1. The van der Waals surface area contributed by atoms with E-state index < -0.39 is 10.2 Å². The average Bonchev–Trinajstić information content (AvgIpc) is 2.84. The summed E-state index contributed by atoms with van der Waals surface area (Å²) < 4.78 is 28.0. The van der Waals surface area contributed by atoms with E-state index in [1.54, 1.807) is 8.61 Å². The largest absolute Gasteiger partial charge is 0.330 e. The molecule has 0 aromatic heterocycles. The zero-order valence-electron chi connectivity index (χ0n) is 10.8. The summed E-state index contributed by atoms with van der Waals surface area (Å²) >= 11 is 0. The molecule has 0 amide bonds. The third kappa shape index (κ3) is 3.57. The van der Waals surface area contributed by atoms with Gasteiger partial charge in [0, 0.05) is 26.2 Å². The molecule has 7 heteroatoms. The van der Waals surface area contributed by atoms with Gasteiger partial charge in [0.2, 0.25) is 0 Å². The first-order chi connectivity index (χ1) is 8.14. The lowest BCUT2D eigenvalue weighted by atomic mass is 9.96. The molecule has 2 rings (SSSR count). The lowest BCUT2D eigenvalue weighted by Crippen LogP contribution is -2.47. The second-order valence-electron chi connectivity index (χ2n) is 5.06. The predicted octanol–water partition coefficient (Wildman–Crippen LogP) is 0.810. The van der Waals surface area contributed by atoms with Crippen LogP contribution in [0.5, 0.6) is 0 Å². The SMILES string of the molecule is Cl.NCCC1CCCN(S(=O)(=O)N2CCCC2)C1. The molecule has 0 aromatic rings. The van der Waals surface area contributed by atoms with Crippen LogP contribution in [0.2, 0.25) is 0 Å². The van der Waals surface area contributed by atoms with Crippen molar-refractivity contribution in [1.82, 2.24) is 8.61 Å². The van der Waals surface area contributed by atoms with Gasteiger partial charge in [0.1, 0.15) is 0 Å². The third-order valence-electron chi connectivity index (χ3n) is 3.77. The van der Waals surface area contributed by atoms with Gasteiger partial charge in [-0.1, -0.05) is 0 Å². The summed E-state index contributed by atoms with van der Waals surface area (Å²) in [5.41, 5.74) is 5.56. The summed E-state index contributed by atoms with van der Waals surface area (Å²) in [6, 6.07) is 0. The fourth-order valence-electron chi connectivity index (χ4n) is 2.79. The fourth-order valence-corrected chi connectivity index (χ4v) is 4.60. The Hall–Kier alpha value is 0.120. The van der Waals surface area contributed by atoms with Crippen LogP contribution in [0, 0.1) is 5.92 Å². The van der Waals surface area contributed by atoms with Crippen LogP contribution in [0.4, 0.5) is 0 Å². The summed E-state index contributed by atoms with van der Waals surface area (Å²) in [6.07, 6.45) is 5.02. The van der Waals surface area contributed by atoms with Crippen molar-refractivity contribution >= 4 is 22.6 Å². The van der Waals surface area contributed by atoms with Crippen LogP contribution >= 0.6 is 12.4 Å². The molecule has 2 fully saturated rings. The number of rotatable bonds is 4. The zero-order valence-corrected chi connectivity index (χ0v) is 12.4. The van der Waals surface area contributed by atoms with E-state index in [9.17, 15) is 8.42 Å². The molecule has 0 bridgehead atoms. The topological polar surface area (TPSA) is 66.6 Å². The highest BCUT2D eigenvalue weighted by molar-refractivity contribution is 7.86. The van der Waals surface area contributed by atoms with E-state index in [1.165, 1.54) is 0 Å². The van der Waals surface area contributed by atoms with Gasteiger partial charge in [-0.2, -0.15) is 17.0 Å². The van der Waals surface area contributed by atoms with Crippen molar-refractivity contribution in [2.75, 3.05) is 32.7 Å². The van der Waals surface area contributed by atoms with Gasteiger partial charge in [-0.15, -0.1) is 12.4 Å². The minimum absolute atomic E-state index is 0. The minimum atomic E-state index is -3.19. The Kier molecular flexibility index (Phi) is 6.34. The van der Waals surface area contributed by atoms with Crippen molar-refractivity contribution in [3.63, 3.8) is 0 Å². The van der Waals surface area contributed by atoms with Gasteiger partial charge in [-0.05, 0) is 44.6 Å². The highest BCUT2D eigenvalue weighted by atomic mass is 35.5. The molecule has 2 N–H and O–H groups in total. The molecule has 5 nitrogen and oxygen atoms in total. The Morgan fingerprint density at radius 3 is 2.28 bits per heavy atom. The summed E-state index contributed by atoms with van der Waals surface area (Å²) in [6.45, 7) is 3.39. The monoisotopic (exact) mass is 297 g/mol. The maximum Gasteiger partial charge on any atom is 0.281 e. The van der Waals surface area contributed by atoms with Crippen LogP contribution in [-0.4, -0.2) is 49.8 Å². The van der Waals surface area contributed by atoms with Crippen molar-refractivity contribution in [2.24, 2.45) is 11.7 Å². The molecule has 1 atom stereocenters. The Labute approximate surface area is 116 Å². The van der Waals surface area contributed by atoms with Gasteiger partial charge >= 0.3 is 0 Å². The van der Waals surface area contributed by atoms with Crippen molar-refractivity contribution in [2.45, 2.75) is 32.1 Å². The van der Waals surface area contributed by atoms with E-state index in [0.29, 0.717) is 38.6 Å². The van der Waals surface area contributed by atoms with E-state index in [-0.39, 0.29) is 12.4 Å². The number of hydrogen-bond donors (Lipinski definition) is 1. The van der Waals surface area contributed by atoms with Crippen LogP contribution in [0.3, 0.4) is 0 Å². The smallest absolute Gasteiger partial charge is 0.281 e. The van der Waals surface area contributed by atoms with Crippen molar-refractivity contribution < 1.29 is 8.42 Å². The molecule has 2 saturated heterocycles. The molecule has 0 saturated carbocycles. The van der Waals surface area contributed by atoms with E-state index in [2.05, 4.69) is 0 Å². The average molecular weight is 298 g/mol. The van der Waals surface area contributed by atoms with E-state index in [0.717, 1.165) is 32.1 Å². The summed E-state index contributed by atoms with van der Waals surface area (Å²) in [5.74, 6) is 0.450. The second-order valence-corrected chi connectivity index (χ2v) is 6.99. The van der Waals surface area contributed by atoms with Crippen molar-refractivity contribution in [3.8, 4) is 0 Å². The maximum absolute atomic E-state index is 12.4. The Morgan fingerprint density at radius 1 is 1.06 bits per heavy atom. The highest BCUT2D eigenvalue weighted by Crippen LogP contribution is 2.24. The molecule has 0 aliphatic carbocycles. The Morgan fingerprint density at radius 2 is 1.67 bits per heavy atom. The number of hydrogen-bond acceptors (Lipinski definition) is 3. The molecular formula is C11H24ClN3O2S. The molecular weight excluding hydrogens is 274 g/mol. The lowest BCUT2D eigenvalue weighted by Gasteiger charge is -2.34. The molecule has 18 heavy (non-hydrogen) atoms. The minimum Gasteiger partial charge on any atom is -0.330 e. The fraction of sp³-hybridized carbons (Fsp3) is 1.00. The van der Waals surface area contributed by atoms with Crippen molar-refractivity contribution in [3.05, 3.63) is 0 Å². The first kappa shape index (κ1) is 16.2. The zero-order chi connectivity index (χ0) is 12.3. The summed E-state index contributed by atoms with van der Waals surface area (Å²) in [5, 5.41) is 0. The Balaban J connectivity index is 0.00000162. The number of nitrogens with two attached hydrogens (primary N) is 1. The third-order valence-corrected chi connectivity index (χ3v) is 5.78. The first-order valence-corrected chi connectivity index (χ1v) is 7.99. The number of halogens is 1. The summed E-state index contributed by atoms with van der Waals surface area (Å²) in [7, 11) is -3.19. The van der Waals surface area contributed by atoms with E-state index in [4.69, 9.17) is 5.73 Å². The van der Waals surface area contributed by atoms with Gasteiger partial charge in [-0.25, -0.2) is 0 Å². The van der Waals surface area contributed by atoms with Gasteiger partial charge in [0.25, 0.3) is 10.2 Å². The van der Waals surface area contributed by atoms with Gasteiger partial charge in [0.15, 0.2) is 0 Å². The molecule has 0 spiro atoms. The standard InChI is InChI=1S/C11H23N3O2S.ClH/c12-6-5-11-4-3-9-14(10-11)17(15,16)13-7-1-2-8-13;/h11H,1-10,12H2;1H. The number of piperidine rings is 1. The Bertz CT molecular complexity index is 342. The molecule has 0 aromatic carbocycles. The van der Waals surface area contributed by atoms with Crippen LogP contribution < -0.4 is 5.73 Å². The highest BCUT2D eigenvalue weighted by Gasteiger charge is 2.34. The number of nitrogens with zero attached hydrogens (tertiary/aromatic N) is 2. The van der Waals surface area contributed by atoms with Crippen LogP contribution in [0.15, 0.2) is 0 Å². The van der Waals surface area contributed by atoms with Crippen LogP contribution in [0.25, 0.3) is 0 Å². The quantitative estimate of drug-likeness (QED) is 0.835. The molecule has 0 radical (unpaired) electrons. The van der Waals surface area contributed by atoms with Gasteiger partial charge in [0.05, 0.1) is 0 Å². The van der Waals surface area contributed by atoms with Gasteiger partial charge in [-0.3, -0.25) is 0 Å². The predicted molar refractivity (Wildman–Crippen MR) is 74.9 cm³/mol. The molecule has 2 aliphatic rings. The second kappa shape index (κ2) is 7.05. The maximum atomic E-state index is 12.4. The van der Waals surface area contributed by atoms with E-state index in [1.807, 2.05) is 0 Å². The van der Waals surface area contributed by atoms with Crippen LogP contribution in [-0.2, 0) is 10.2 Å². The molecule has 108 valence electrons. The van der Waals surface area contributed by atoms with Crippen LogP contribution in [0.1, 0.15) is 32.1 Å².